The molecule has 1 fully saturated rings. The van der Waals surface area contributed by atoms with Gasteiger partial charge in [-0.3, -0.25) is 10.1 Å². The molecule has 0 spiro atoms. The van der Waals surface area contributed by atoms with Gasteiger partial charge in [0.25, 0.3) is 5.69 Å². The second-order valence-electron chi connectivity index (χ2n) is 5.65. The van der Waals surface area contributed by atoms with E-state index in [1.807, 2.05) is 0 Å². The predicted octanol–water partition coefficient (Wildman–Crippen LogP) is 3.98. The molecule has 0 heterocycles. The molecule has 1 aliphatic carbocycles. The molecule has 1 aliphatic rings. The molecule has 0 bridgehead atoms. The van der Waals surface area contributed by atoms with Gasteiger partial charge in [-0.15, -0.1) is 0 Å². The van der Waals surface area contributed by atoms with E-state index in [1.54, 1.807) is 12.1 Å². The molecule has 0 aromatic heterocycles. The van der Waals surface area contributed by atoms with Crippen LogP contribution in [-0.2, 0) is 6.42 Å². The molecule has 3 unspecified atom stereocenters. The molecule has 0 aliphatic heterocycles. The van der Waals surface area contributed by atoms with Gasteiger partial charge in [-0.05, 0) is 43.6 Å². The molecule has 2 rings (SSSR count). The molecule has 1 aromatic carbocycles. The zero-order chi connectivity index (χ0) is 14.7. The summed E-state index contributed by atoms with van der Waals surface area (Å²) in [7, 11) is 0. The van der Waals surface area contributed by atoms with Gasteiger partial charge >= 0.3 is 0 Å². The first-order chi connectivity index (χ1) is 9.51. The predicted molar refractivity (Wildman–Crippen MR) is 78.9 cm³/mol. The van der Waals surface area contributed by atoms with E-state index in [-0.39, 0.29) is 17.7 Å². The van der Waals surface area contributed by atoms with Crippen molar-refractivity contribution in [2.75, 3.05) is 0 Å². The minimum absolute atomic E-state index is 0.0586. The van der Waals surface area contributed by atoms with E-state index in [4.69, 9.17) is 11.6 Å². The highest BCUT2D eigenvalue weighted by molar-refractivity contribution is 6.30. The number of aliphatic hydroxyl groups is 1. The Kier molecular flexibility index (Phi) is 5.00. The molecule has 1 aromatic rings. The number of aliphatic hydroxyl groups excluding tert-OH is 1. The minimum Gasteiger partial charge on any atom is -0.393 e. The van der Waals surface area contributed by atoms with Crippen molar-refractivity contribution in [2.45, 2.75) is 45.1 Å². The number of hydrogen-bond donors (Lipinski definition) is 1. The monoisotopic (exact) mass is 297 g/mol. The topological polar surface area (TPSA) is 63.4 Å². The maximum absolute atomic E-state index is 11.1. The van der Waals surface area contributed by atoms with Crippen LogP contribution in [0.15, 0.2) is 18.2 Å². The summed E-state index contributed by atoms with van der Waals surface area (Å²) in [6, 6.07) is 4.78. The molecular formula is C15H20ClNO3. The number of nitro benzene ring substituents is 1. The smallest absolute Gasteiger partial charge is 0.274 e. The van der Waals surface area contributed by atoms with Crippen LogP contribution in [0.3, 0.4) is 0 Å². The van der Waals surface area contributed by atoms with Crippen LogP contribution >= 0.6 is 11.6 Å². The van der Waals surface area contributed by atoms with E-state index >= 15 is 0 Å². The van der Waals surface area contributed by atoms with Gasteiger partial charge in [-0.2, -0.15) is 0 Å². The summed E-state index contributed by atoms with van der Waals surface area (Å²) in [5.41, 5.74) is 0.725. The molecule has 4 nitrogen and oxygen atoms in total. The second kappa shape index (κ2) is 6.55. The number of nitro groups is 1. The van der Waals surface area contributed by atoms with E-state index in [9.17, 15) is 15.2 Å². The van der Waals surface area contributed by atoms with Crippen LogP contribution in [0.4, 0.5) is 5.69 Å². The molecule has 3 atom stereocenters. The molecule has 20 heavy (non-hydrogen) atoms. The third-order valence-corrected chi connectivity index (χ3v) is 4.59. The van der Waals surface area contributed by atoms with Gasteiger partial charge < -0.3 is 5.11 Å². The summed E-state index contributed by atoms with van der Waals surface area (Å²) >= 11 is 5.82. The van der Waals surface area contributed by atoms with Crippen LogP contribution < -0.4 is 0 Å². The van der Waals surface area contributed by atoms with Crippen molar-refractivity contribution >= 4 is 17.3 Å². The first-order valence-electron chi connectivity index (χ1n) is 7.12. The van der Waals surface area contributed by atoms with E-state index < -0.39 is 4.92 Å². The maximum atomic E-state index is 11.1. The van der Waals surface area contributed by atoms with Crippen LogP contribution in [0.2, 0.25) is 5.02 Å². The van der Waals surface area contributed by atoms with Crippen molar-refractivity contribution in [1.82, 2.24) is 0 Å². The Balaban J connectivity index is 2.18. The second-order valence-corrected chi connectivity index (χ2v) is 6.09. The summed E-state index contributed by atoms with van der Waals surface area (Å²) in [6.07, 6.45) is 4.09. The van der Waals surface area contributed by atoms with Crippen molar-refractivity contribution in [3.05, 3.63) is 38.9 Å². The van der Waals surface area contributed by atoms with E-state index in [0.29, 0.717) is 22.9 Å². The van der Waals surface area contributed by atoms with Crippen LogP contribution in [0, 0.1) is 22.0 Å². The van der Waals surface area contributed by atoms with Gasteiger partial charge in [0.05, 0.1) is 11.0 Å². The number of hydrogen-bond acceptors (Lipinski definition) is 3. The quantitative estimate of drug-likeness (QED) is 0.675. The summed E-state index contributed by atoms with van der Waals surface area (Å²) in [5.74, 6) is 0.725. The lowest BCUT2D eigenvalue weighted by molar-refractivity contribution is -0.385. The van der Waals surface area contributed by atoms with Gasteiger partial charge in [-0.25, -0.2) is 0 Å². The first kappa shape index (κ1) is 15.3. The third-order valence-electron chi connectivity index (χ3n) is 4.35. The molecule has 0 radical (unpaired) electrons. The highest BCUT2D eigenvalue weighted by Crippen LogP contribution is 2.35. The van der Waals surface area contributed by atoms with E-state index in [0.717, 1.165) is 25.7 Å². The van der Waals surface area contributed by atoms with E-state index in [1.165, 1.54) is 6.07 Å². The standard InChI is InChI=1S/C15H20ClNO3/c1-2-10-3-6-15(18)12(7-10)8-11-4-5-13(16)9-14(11)17(19)20/h4-5,9-10,12,15,18H,2-3,6-8H2,1H3. The third kappa shape index (κ3) is 3.49. The van der Waals surface area contributed by atoms with Crippen LogP contribution in [0.25, 0.3) is 0 Å². The maximum Gasteiger partial charge on any atom is 0.274 e. The highest BCUT2D eigenvalue weighted by atomic mass is 35.5. The summed E-state index contributed by atoms with van der Waals surface area (Å²) in [6.45, 7) is 2.16. The molecule has 0 amide bonds. The molecule has 1 saturated carbocycles. The zero-order valence-electron chi connectivity index (χ0n) is 11.6. The van der Waals surface area contributed by atoms with Crippen molar-refractivity contribution in [2.24, 2.45) is 11.8 Å². The molecule has 5 heteroatoms. The number of nitrogens with zero attached hydrogens (tertiary/aromatic N) is 1. The summed E-state index contributed by atoms with van der Waals surface area (Å²) < 4.78 is 0. The van der Waals surface area contributed by atoms with Crippen molar-refractivity contribution < 1.29 is 10.0 Å². The van der Waals surface area contributed by atoms with Crippen LogP contribution in [0.5, 0.6) is 0 Å². The van der Waals surface area contributed by atoms with E-state index in [2.05, 4.69) is 6.92 Å². The Morgan fingerprint density at radius 2 is 2.20 bits per heavy atom. The SMILES string of the molecule is CCC1CCC(O)C(Cc2ccc(Cl)cc2[N+](=O)[O-])C1. The summed E-state index contributed by atoms with van der Waals surface area (Å²) in [5, 5.41) is 21.6. The molecule has 1 N–H and O–H groups in total. The van der Waals surface area contributed by atoms with Crippen molar-refractivity contribution in [3.8, 4) is 0 Å². The fourth-order valence-corrected chi connectivity index (χ4v) is 3.26. The zero-order valence-corrected chi connectivity index (χ0v) is 12.3. The lowest BCUT2D eigenvalue weighted by Crippen LogP contribution is -2.30. The Morgan fingerprint density at radius 1 is 1.45 bits per heavy atom. The fraction of sp³-hybridized carbons (Fsp3) is 0.600. The van der Waals surface area contributed by atoms with Gasteiger partial charge in [0.2, 0.25) is 0 Å². The van der Waals surface area contributed by atoms with Gasteiger partial charge in [0, 0.05) is 16.7 Å². The first-order valence-corrected chi connectivity index (χ1v) is 7.50. The largest absolute Gasteiger partial charge is 0.393 e. The van der Waals surface area contributed by atoms with Crippen molar-refractivity contribution in [3.63, 3.8) is 0 Å². The van der Waals surface area contributed by atoms with Gasteiger partial charge in [0.15, 0.2) is 0 Å². The number of benzene rings is 1. The Morgan fingerprint density at radius 3 is 2.85 bits per heavy atom. The minimum atomic E-state index is -0.395. The molecule has 0 saturated heterocycles. The lowest BCUT2D eigenvalue weighted by Gasteiger charge is -2.33. The Hall–Kier alpha value is -1.13. The average molecular weight is 298 g/mol. The Bertz CT molecular complexity index is 492. The number of rotatable bonds is 4. The average Bonchev–Trinajstić information content (AvgIpc) is 2.42. The van der Waals surface area contributed by atoms with Crippen LogP contribution in [0.1, 0.15) is 38.2 Å². The molecular weight excluding hydrogens is 278 g/mol. The van der Waals surface area contributed by atoms with Crippen LogP contribution in [-0.4, -0.2) is 16.1 Å². The van der Waals surface area contributed by atoms with Gasteiger partial charge in [-0.1, -0.05) is 31.0 Å². The fourth-order valence-electron chi connectivity index (χ4n) is 3.10. The summed E-state index contributed by atoms with van der Waals surface area (Å²) in [4.78, 5) is 10.7. The Labute approximate surface area is 123 Å². The highest BCUT2D eigenvalue weighted by Gasteiger charge is 2.30. The lowest BCUT2D eigenvalue weighted by atomic mass is 9.75. The van der Waals surface area contributed by atoms with Crippen molar-refractivity contribution in [1.29, 1.82) is 0 Å². The molecule has 110 valence electrons. The number of halogens is 1. The van der Waals surface area contributed by atoms with Gasteiger partial charge in [0.1, 0.15) is 0 Å². The normalized spacial score (nSPS) is 26.4.